The van der Waals surface area contributed by atoms with Gasteiger partial charge in [0.05, 0.1) is 6.61 Å². The predicted octanol–water partition coefficient (Wildman–Crippen LogP) is 8.77. The minimum absolute atomic E-state index is 0.0569. The van der Waals surface area contributed by atoms with Crippen molar-refractivity contribution in [3.63, 3.8) is 0 Å². The molecular weight excluding hydrogens is 631 g/mol. The Bertz CT molecular complexity index is 1650. The van der Waals surface area contributed by atoms with Gasteiger partial charge in [-0.05, 0) is 96.5 Å². The molecule has 0 aliphatic carbocycles. The van der Waals surface area contributed by atoms with Crippen molar-refractivity contribution in [3.05, 3.63) is 90.0 Å². The number of amides is 1. The SMILES string of the molecule is CCCCOCCOc1ccc(-c2ccc3c(c2)C=C(C(=O)Nc2ccc(SCCc4nncn4CCC)cc2)CCN3CC(C)C)cc1. The van der Waals surface area contributed by atoms with Crippen LogP contribution in [0.2, 0.25) is 0 Å². The number of nitrogens with zero attached hydrogens (tertiary/aromatic N) is 4. The van der Waals surface area contributed by atoms with Crippen LogP contribution in [0.5, 0.6) is 5.75 Å². The zero-order valence-electron chi connectivity index (χ0n) is 29.5. The van der Waals surface area contributed by atoms with Crippen molar-refractivity contribution >= 4 is 35.1 Å². The topological polar surface area (TPSA) is 81.5 Å². The molecule has 0 bridgehead atoms. The molecule has 5 rings (SSSR count). The van der Waals surface area contributed by atoms with Crippen LogP contribution in [0.3, 0.4) is 0 Å². The van der Waals surface area contributed by atoms with E-state index in [0.29, 0.717) is 25.6 Å². The molecular formula is C40H51N5O3S. The predicted molar refractivity (Wildman–Crippen MR) is 203 cm³/mol. The lowest BCUT2D eigenvalue weighted by Gasteiger charge is -2.27. The highest BCUT2D eigenvalue weighted by Crippen LogP contribution is 2.34. The molecule has 1 aliphatic heterocycles. The number of nitrogens with one attached hydrogen (secondary N) is 1. The Kier molecular flexibility index (Phi) is 13.8. The number of thioether (sulfide) groups is 1. The van der Waals surface area contributed by atoms with Gasteiger partial charge < -0.3 is 24.3 Å². The third kappa shape index (κ3) is 10.7. The maximum atomic E-state index is 13.6. The van der Waals surface area contributed by atoms with Crippen LogP contribution in [0.4, 0.5) is 11.4 Å². The zero-order valence-corrected chi connectivity index (χ0v) is 30.3. The summed E-state index contributed by atoms with van der Waals surface area (Å²) in [5.41, 5.74) is 6.02. The van der Waals surface area contributed by atoms with Gasteiger partial charge in [-0.2, -0.15) is 0 Å². The Morgan fingerprint density at radius 2 is 1.76 bits per heavy atom. The number of rotatable bonds is 18. The van der Waals surface area contributed by atoms with Crippen molar-refractivity contribution in [2.75, 3.05) is 48.9 Å². The molecule has 49 heavy (non-hydrogen) atoms. The van der Waals surface area contributed by atoms with Gasteiger partial charge in [0.25, 0.3) is 5.91 Å². The Balaban J connectivity index is 1.23. The Labute approximate surface area is 296 Å². The van der Waals surface area contributed by atoms with Crippen molar-refractivity contribution in [2.45, 2.75) is 71.2 Å². The first-order valence-electron chi connectivity index (χ1n) is 17.7. The highest BCUT2D eigenvalue weighted by Gasteiger charge is 2.21. The number of hydrogen-bond donors (Lipinski definition) is 1. The van der Waals surface area contributed by atoms with E-state index in [0.717, 1.165) is 108 Å². The first-order valence-corrected chi connectivity index (χ1v) is 18.7. The van der Waals surface area contributed by atoms with Crippen molar-refractivity contribution in [3.8, 4) is 16.9 Å². The van der Waals surface area contributed by atoms with Crippen LogP contribution in [0.25, 0.3) is 17.2 Å². The van der Waals surface area contributed by atoms with Crippen molar-refractivity contribution in [2.24, 2.45) is 5.92 Å². The van der Waals surface area contributed by atoms with Crippen LogP contribution < -0.4 is 15.0 Å². The Hall–Kier alpha value is -4.08. The maximum absolute atomic E-state index is 13.6. The summed E-state index contributed by atoms with van der Waals surface area (Å²) in [4.78, 5) is 17.2. The summed E-state index contributed by atoms with van der Waals surface area (Å²) in [7, 11) is 0. The van der Waals surface area contributed by atoms with E-state index in [1.807, 2.05) is 30.6 Å². The van der Waals surface area contributed by atoms with E-state index >= 15 is 0 Å². The van der Waals surface area contributed by atoms with Gasteiger partial charge >= 0.3 is 0 Å². The fraction of sp³-hybridized carbons (Fsp3) is 0.425. The van der Waals surface area contributed by atoms with Gasteiger partial charge in [-0.15, -0.1) is 22.0 Å². The molecule has 9 heteroatoms. The van der Waals surface area contributed by atoms with Gasteiger partial charge in [0.15, 0.2) is 0 Å². The zero-order chi connectivity index (χ0) is 34.4. The van der Waals surface area contributed by atoms with E-state index < -0.39 is 0 Å². The average molecular weight is 682 g/mol. The second-order valence-electron chi connectivity index (χ2n) is 12.9. The third-order valence-corrected chi connectivity index (χ3v) is 9.43. The highest BCUT2D eigenvalue weighted by atomic mass is 32.2. The van der Waals surface area contributed by atoms with Gasteiger partial charge in [-0.1, -0.05) is 52.3 Å². The average Bonchev–Trinajstić information content (AvgIpc) is 3.46. The van der Waals surface area contributed by atoms with Gasteiger partial charge in [0, 0.05) is 60.3 Å². The number of unbranched alkanes of at least 4 members (excludes halogenated alkanes) is 1. The Morgan fingerprint density at radius 1 is 0.959 bits per heavy atom. The molecule has 2 heterocycles. The van der Waals surface area contributed by atoms with Crippen molar-refractivity contribution < 1.29 is 14.3 Å². The summed E-state index contributed by atoms with van der Waals surface area (Å²) in [5, 5.41) is 11.5. The molecule has 0 saturated carbocycles. The minimum Gasteiger partial charge on any atom is -0.491 e. The van der Waals surface area contributed by atoms with E-state index in [2.05, 4.69) is 101 Å². The summed E-state index contributed by atoms with van der Waals surface area (Å²) < 4.78 is 13.6. The van der Waals surface area contributed by atoms with Crippen LogP contribution in [0.1, 0.15) is 64.8 Å². The van der Waals surface area contributed by atoms with Gasteiger partial charge in [-0.25, -0.2) is 0 Å². The fourth-order valence-corrected chi connectivity index (χ4v) is 6.75. The number of benzene rings is 3. The van der Waals surface area contributed by atoms with E-state index in [-0.39, 0.29) is 5.91 Å². The molecule has 0 saturated heterocycles. The summed E-state index contributed by atoms with van der Waals surface area (Å²) in [6, 6.07) is 22.9. The third-order valence-electron chi connectivity index (χ3n) is 8.42. The van der Waals surface area contributed by atoms with Gasteiger partial charge in [0.2, 0.25) is 0 Å². The van der Waals surface area contributed by atoms with Crippen LogP contribution in [-0.2, 0) is 22.5 Å². The summed E-state index contributed by atoms with van der Waals surface area (Å²) in [6.45, 7) is 13.4. The van der Waals surface area contributed by atoms with Crippen molar-refractivity contribution in [1.29, 1.82) is 0 Å². The molecule has 0 atom stereocenters. The lowest BCUT2D eigenvalue weighted by atomic mass is 10.00. The normalized spacial score (nSPS) is 12.8. The first kappa shape index (κ1) is 36.2. The monoisotopic (exact) mass is 681 g/mol. The van der Waals surface area contributed by atoms with Crippen LogP contribution in [0.15, 0.2) is 83.5 Å². The number of carbonyl (C=O) groups is 1. The molecule has 1 N–H and O–H groups in total. The van der Waals surface area contributed by atoms with E-state index in [1.165, 1.54) is 0 Å². The number of aryl methyl sites for hydroxylation is 2. The molecule has 260 valence electrons. The Morgan fingerprint density at radius 3 is 2.51 bits per heavy atom. The summed E-state index contributed by atoms with van der Waals surface area (Å²) in [5.74, 6) is 3.22. The second kappa shape index (κ2) is 18.6. The molecule has 1 aromatic heterocycles. The van der Waals surface area contributed by atoms with E-state index in [4.69, 9.17) is 9.47 Å². The molecule has 1 amide bonds. The number of hydrogen-bond acceptors (Lipinski definition) is 7. The molecule has 1 aliphatic rings. The number of aromatic nitrogens is 3. The number of fused-ring (bicyclic) bond motifs is 1. The molecule has 4 aromatic rings. The molecule has 8 nitrogen and oxygen atoms in total. The van der Waals surface area contributed by atoms with Gasteiger partial charge in [0.1, 0.15) is 24.5 Å². The molecule has 0 fully saturated rings. The minimum atomic E-state index is -0.0569. The molecule has 0 unspecified atom stereocenters. The lowest BCUT2D eigenvalue weighted by Crippen LogP contribution is -2.29. The number of carbonyl (C=O) groups excluding carboxylic acids is 1. The van der Waals surface area contributed by atoms with Crippen LogP contribution >= 0.6 is 11.8 Å². The van der Waals surface area contributed by atoms with Crippen LogP contribution in [0, 0.1) is 5.92 Å². The molecule has 0 spiro atoms. The summed E-state index contributed by atoms with van der Waals surface area (Å²) >= 11 is 1.78. The molecule has 3 aromatic carbocycles. The highest BCUT2D eigenvalue weighted by molar-refractivity contribution is 7.99. The molecule has 0 radical (unpaired) electrons. The first-order chi connectivity index (χ1) is 23.9. The smallest absolute Gasteiger partial charge is 0.251 e. The standard InChI is InChI=1S/C40H51N5O3S/c1-5-7-22-47-23-24-48-36-13-8-31(9-14-36)32-10-17-38-34(26-32)27-33(18-21-44(38)28-30(3)4)40(46)42-35-11-15-37(16-12-35)49-25-19-39-43-41-29-45(39)20-6-2/h8-17,26-27,29-30H,5-7,18-25,28H2,1-4H3,(H,42,46). The maximum Gasteiger partial charge on any atom is 0.251 e. The summed E-state index contributed by atoms with van der Waals surface area (Å²) in [6.07, 6.45) is 8.70. The van der Waals surface area contributed by atoms with E-state index in [9.17, 15) is 4.79 Å². The van der Waals surface area contributed by atoms with E-state index in [1.54, 1.807) is 11.8 Å². The van der Waals surface area contributed by atoms with Gasteiger partial charge in [-0.3, -0.25) is 4.79 Å². The largest absolute Gasteiger partial charge is 0.491 e. The van der Waals surface area contributed by atoms with Crippen molar-refractivity contribution in [1.82, 2.24) is 14.8 Å². The fourth-order valence-electron chi connectivity index (χ4n) is 5.90. The van der Waals surface area contributed by atoms with Crippen LogP contribution in [-0.4, -0.2) is 59.3 Å². The quantitative estimate of drug-likeness (QED) is 0.0831. The lowest BCUT2D eigenvalue weighted by molar-refractivity contribution is -0.112. The number of ether oxygens (including phenoxy) is 2. The second-order valence-corrected chi connectivity index (χ2v) is 14.1. The number of anilines is 2.